The quantitative estimate of drug-likeness (QED) is 0.798. The number of methoxy groups -OCH3 is 1. The molecule has 0 unspecified atom stereocenters. The predicted molar refractivity (Wildman–Crippen MR) is 68.4 cm³/mol. The van der Waals surface area contributed by atoms with E-state index in [1.54, 1.807) is 30.3 Å². The molecule has 0 spiro atoms. The van der Waals surface area contributed by atoms with Crippen molar-refractivity contribution in [3.8, 4) is 5.88 Å². The minimum atomic E-state index is 0.530. The van der Waals surface area contributed by atoms with Crippen LogP contribution >= 0.6 is 0 Å². The van der Waals surface area contributed by atoms with Gasteiger partial charge in [0.2, 0.25) is 5.88 Å². The molecule has 2 rings (SSSR count). The van der Waals surface area contributed by atoms with Crippen LogP contribution in [0.1, 0.15) is 5.82 Å². The molecule has 0 saturated heterocycles. The molecule has 0 aliphatic rings. The Morgan fingerprint density at radius 2 is 2.28 bits per heavy atom. The summed E-state index contributed by atoms with van der Waals surface area (Å²) in [5, 5.41) is 7.33. The summed E-state index contributed by atoms with van der Waals surface area (Å²) in [6.45, 7) is 0.661. The molecule has 0 bridgehead atoms. The minimum Gasteiger partial charge on any atom is -0.481 e. The smallest absolute Gasteiger partial charge is 0.215 e. The molecule has 0 amide bonds. The molecule has 0 fully saturated rings. The Balaban J connectivity index is 1.93. The van der Waals surface area contributed by atoms with Crippen molar-refractivity contribution in [3.05, 3.63) is 24.3 Å². The Hall–Kier alpha value is -2.31. The molecule has 7 nitrogen and oxygen atoms in total. The van der Waals surface area contributed by atoms with E-state index in [2.05, 4.69) is 20.4 Å². The van der Waals surface area contributed by atoms with Gasteiger partial charge in [-0.3, -0.25) is 4.68 Å². The number of nitrogen functional groups attached to an aromatic ring is 1. The van der Waals surface area contributed by atoms with Crippen LogP contribution in [0.15, 0.2) is 18.5 Å². The number of pyridine rings is 1. The Morgan fingerprint density at radius 3 is 2.94 bits per heavy atom. The zero-order valence-electron chi connectivity index (χ0n) is 10.4. The van der Waals surface area contributed by atoms with E-state index < -0.39 is 0 Å². The van der Waals surface area contributed by atoms with Crippen LogP contribution in [0.2, 0.25) is 0 Å². The van der Waals surface area contributed by atoms with Gasteiger partial charge in [0, 0.05) is 26.1 Å². The number of nitrogens with one attached hydrogen (secondary N) is 1. The topological polar surface area (TPSA) is 90.9 Å². The zero-order valence-corrected chi connectivity index (χ0v) is 10.4. The molecule has 0 atom stereocenters. The summed E-state index contributed by atoms with van der Waals surface area (Å²) in [5.74, 6) is 1.93. The van der Waals surface area contributed by atoms with Gasteiger partial charge in [-0.25, -0.2) is 4.98 Å². The minimum absolute atomic E-state index is 0.530. The molecule has 0 aliphatic carbocycles. The van der Waals surface area contributed by atoms with Gasteiger partial charge in [-0.2, -0.15) is 10.1 Å². The lowest BCUT2D eigenvalue weighted by Gasteiger charge is -2.08. The summed E-state index contributed by atoms with van der Waals surface area (Å²) in [5.41, 5.74) is 6.40. The lowest BCUT2D eigenvalue weighted by molar-refractivity contribution is 0.398. The summed E-state index contributed by atoms with van der Waals surface area (Å²) >= 11 is 0. The first kappa shape index (κ1) is 12.2. The standard InChI is InChI=1S/C11H16N6O/c1-17-7-14-9(16-17)5-6-13-11-8(12)3-4-10(15-11)18-2/h3-4,7H,5-6,12H2,1-2H3,(H,13,15). The molecule has 2 aromatic heterocycles. The maximum absolute atomic E-state index is 5.81. The largest absolute Gasteiger partial charge is 0.481 e. The van der Waals surface area contributed by atoms with Crippen LogP contribution < -0.4 is 15.8 Å². The van der Waals surface area contributed by atoms with Gasteiger partial charge in [0.05, 0.1) is 12.8 Å². The van der Waals surface area contributed by atoms with Gasteiger partial charge < -0.3 is 15.8 Å². The fourth-order valence-corrected chi connectivity index (χ4v) is 1.50. The molecule has 3 N–H and O–H groups in total. The van der Waals surface area contributed by atoms with Gasteiger partial charge in [0.25, 0.3) is 0 Å². The summed E-state index contributed by atoms with van der Waals surface area (Å²) < 4.78 is 6.72. The van der Waals surface area contributed by atoms with Gasteiger partial charge in [-0.05, 0) is 6.07 Å². The van der Waals surface area contributed by atoms with Crippen LogP contribution in [0.4, 0.5) is 11.5 Å². The maximum Gasteiger partial charge on any atom is 0.215 e. The second-order valence-electron chi connectivity index (χ2n) is 3.80. The van der Waals surface area contributed by atoms with E-state index in [0.29, 0.717) is 30.4 Å². The van der Waals surface area contributed by atoms with E-state index in [9.17, 15) is 0 Å². The Kier molecular flexibility index (Phi) is 3.61. The number of nitrogens with two attached hydrogens (primary N) is 1. The van der Waals surface area contributed by atoms with Gasteiger partial charge in [0.15, 0.2) is 11.6 Å². The third kappa shape index (κ3) is 2.88. The van der Waals surface area contributed by atoms with Crippen LogP contribution in [-0.4, -0.2) is 33.4 Å². The van der Waals surface area contributed by atoms with Gasteiger partial charge in [-0.1, -0.05) is 0 Å². The number of nitrogens with zero attached hydrogens (tertiary/aromatic N) is 4. The Bertz CT molecular complexity index is 524. The van der Waals surface area contributed by atoms with E-state index in [4.69, 9.17) is 10.5 Å². The van der Waals surface area contributed by atoms with E-state index in [1.807, 2.05) is 7.05 Å². The number of hydrogen-bond donors (Lipinski definition) is 2. The molecule has 0 aromatic carbocycles. The zero-order chi connectivity index (χ0) is 13.0. The average Bonchev–Trinajstić information content (AvgIpc) is 2.77. The van der Waals surface area contributed by atoms with Crippen molar-refractivity contribution in [1.29, 1.82) is 0 Å². The van der Waals surface area contributed by atoms with E-state index in [0.717, 1.165) is 5.82 Å². The lowest BCUT2D eigenvalue weighted by Crippen LogP contribution is -2.10. The van der Waals surface area contributed by atoms with Crippen molar-refractivity contribution >= 4 is 11.5 Å². The SMILES string of the molecule is COc1ccc(N)c(NCCc2ncn(C)n2)n1. The first-order chi connectivity index (χ1) is 8.69. The molecule has 2 aromatic rings. The Morgan fingerprint density at radius 1 is 1.44 bits per heavy atom. The molecule has 18 heavy (non-hydrogen) atoms. The third-order valence-electron chi connectivity index (χ3n) is 2.40. The highest BCUT2D eigenvalue weighted by molar-refractivity contribution is 5.61. The summed E-state index contributed by atoms with van der Waals surface area (Å²) in [4.78, 5) is 8.36. The molecule has 0 aliphatic heterocycles. The van der Waals surface area contributed by atoms with E-state index in [-0.39, 0.29) is 0 Å². The number of aromatic nitrogens is 4. The predicted octanol–water partition coefficient (Wildman–Crippen LogP) is 0.455. The van der Waals surface area contributed by atoms with Crippen LogP contribution in [0, 0.1) is 0 Å². The van der Waals surface area contributed by atoms with Crippen LogP contribution in [0.25, 0.3) is 0 Å². The number of anilines is 2. The van der Waals surface area contributed by atoms with Gasteiger partial charge >= 0.3 is 0 Å². The van der Waals surface area contributed by atoms with Gasteiger partial charge in [-0.15, -0.1) is 0 Å². The summed E-state index contributed by atoms with van der Waals surface area (Å²) in [6.07, 6.45) is 2.38. The van der Waals surface area contributed by atoms with Crippen LogP contribution in [-0.2, 0) is 13.5 Å². The molecular weight excluding hydrogens is 232 g/mol. The average molecular weight is 248 g/mol. The van der Waals surface area contributed by atoms with Crippen molar-refractivity contribution in [2.75, 3.05) is 24.7 Å². The summed E-state index contributed by atoms with van der Waals surface area (Å²) in [6, 6.07) is 3.48. The van der Waals surface area contributed by atoms with Crippen LogP contribution in [0.3, 0.4) is 0 Å². The van der Waals surface area contributed by atoms with Crippen molar-refractivity contribution < 1.29 is 4.74 Å². The number of aryl methyl sites for hydroxylation is 1. The maximum atomic E-state index is 5.81. The van der Waals surface area contributed by atoms with E-state index in [1.165, 1.54) is 0 Å². The highest BCUT2D eigenvalue weighted by atomic mass is 16.5. The number of hydrogen-bond acceptors (Lipinski definition) is 6. The van der Waals surface area contributed by atoms with Crippen molar-refractivity contribution in [3.63, 3.8) is 0 Å². The second-order valence-corrected chi connectivity index (χ2v) is 3.80. The summed E-state index contributed by atoms with van der Waals surface area (Å²) in [7, 11) is 3.41. The van der Waals surface area contributed by atoms with Crippen molar-refractivity contribution in [2.45, 2.75) is 6.42 Å². The highest BCUT2D eigenvalue weighted by Crippen LogP contribution is 2.19. The Labute approximate surface area is 105 Å². The first-order valence-corrected chi connectivity index (χ1v) is 5.58. The van der Waals surface area contributed by atoms with Crippen molar-refractivity contribution in [2.24, 2.45) is 7.05 Å². The molecule has 96 valence electrons. The molecule has 2 heterocycles. The molecular formula is C11H16N6O. The van der Waals surface area contributed by atoms with Crippen molar-refractivity contribution in [1.82, 2.24) is 19.7 Å². The monoisotopic (exact) mass is 248 g/mol. The normalized spacial score (nSPS) is 10.3. The number of rotatable bonds is 5. The van der Waals surface area contributed by atoms with E-state index >= 15 is 0 Å². The molecule has 0 saturated carbocycles. The highest BCUT2D eigenvalue weighted by Gasteiger charge is 2.04. The second kappa shape index (κ2) is 5.35. The lowest BCUT2D eigenvalue weighted by atomic mass is 10.3. The molecule has 7 heteroatoms. The molecule has 0 radical (unpaired) electrons. The first-order valence-electron chi connectivity index (χ1n) is 5.58. The fourth-order valence-electron chi connectivity index (χ4n) is 1.50. The van der Waals surface area contributed by atoms with Gasteiger partial charge in [0.1, 0.15) is 6.33 Å². The van der Waals surface area contributed by atoms with Crippen LogP contribution in [0.5, 0.6) is 5.88 Å². The number of ether oxygens (including phenoxy) is 1. The third-order valence-corrected chi connectivity index (χ3v) is 2.40. The fraction of sp³-hybridized carbons (Fsp3) is 0.364.